The molecule has 0 saturated carbocycles. The number of carbonyl (C=O) groups is 1. The lowest BCUT2D eigenvalue weighted by Gasteiger charge is -2.40. The van der Waals surface area contributed by atoms with Gasteiger partial charge in [-0.2, -0.15) is 15.5 Å². The smallest absolute Gasteiger partial charge is 0.296 e. The molecule has 0 aliphatic carbocycles. The van der Waals surface area contributed by atoms with Gasteiger partial charge in [0.15, 0.2) is 0 Å². The van der Waals surface area contributed by atoms with Gasteiger partial charge in [-0.25, -0.2) is 9.50 Å². The highest BCUT2D eigenvalue weighted by Crippen LogP contribution is 2.33. The van der Waals surface area contributed by atoms with Crippen molar-refractivity contribution < 1.29 is 4.79 Å². The summed E-state index contributed by atoms with van der Waals surface area (Å²) >= 11 is 0. The van der Waals surface area contributed by atoms with Crippen molar-refractivity contribution >= 4 is 17.2 Å². The number of piperidine rings is 1. The highest BCUT2D eigenvalue weighted by atomic mass is 16.1. The molecule has 0 spiro atoms. The van der Waals surface area contributed by atoms with Gasteiger partial charge in [0.25, 0.3) is 5.91 Å². The van der Waals surface area contributed by atoms with Crippen molar-refractivity contribution in [3.63, 3.8) is 0 Å². The molecule has 0 aromatic carbocycles. The van der Waals surface area contributed by atoms with E-state index < -0.39 is 0 Å². The van der Waals surface area contributed by atoms with E-state index >= 15 is 0 Å². The first kappa shape index (κ1) is 22.2. The molecule has 0 radical (unpaired) electrons. The second-order valence-corrected chi connectivity index (χ2v) is 9.06. The van der Waals surface area contributed by atoms with Gasteiger partial charge in [0.2, 0.25) is 0 Å². The van der Waals surface area contributed by atoms with Crippen LogP contribution in [-0.2, 0) is 11.8 Å². The molecule has 4 aromatic rings. The van der Waals surface area contributed by atoms with Gasteiger partial charge < -0.3 is 10.2 Å². The van der Waals surface area contributed by atoms with Gasteiger partial charge in [0, 0.05) is 66.5 Å². The maximum atomic E-state index is 11.6. The van der Waals surface area contributed by atoms with E-state index in [1.807, 2.05) is 50.8 Å². The summed E-state index contributed by atoms with van der Waals surface area (Å²) in [7, 11) is 1.87. The fourth-order valence-electron chi connectivity index (χ4n) is 4.55. The van der Waals surface area contributed by atoms with Crippen LogP contribution in [0.3, 0.4) is 0 Å². The second kappa shape index (κ2) is 8.62. The predicted molar refractivity (Wildman–Crippen MR) is 132 cm³/mol. The van der Waals surface area contributed by atoms with Crippen molar-refractivity contribution in [2.45, 2.75) is 25.3 Å². The largest absolute Gasteiger partial charge is 0.356 e. The molecule has 1 amide bonds. The number of carbonyl (C=O) groups excluding carboxylic acids is 1. The van der Waals surface area contributed by atoms with E-state index in [1.54, 1.807) is 21.6 Å². The van der Waals surface area contributed by atoms with Crippen LogP contribution in [0.4, 0.5) is 5.82 Å². The summed E-state index contributed by atoms with van der Waals surface area (Å²) in [6.07, 6.45) is 15.8. The van der Waals surface area contributed by atoms with Gasteiger partial charge in [-0.1, -0.05) is 0 Å². The maximum absolute atomic E-state index is 11.6. The number of hydrogen-bond donors (Lipinski definition) is 1. The molecule has 5 heterocycles. The standard InChI is InChI=1S/C26H24N8O/c1-4-24(35)31-26(2)7-9-33(10-8-26)23-6-5-18(13-28-23)22-11-19(21-15-29-32(3)16-21)17-34-25(22)20(12-27)14-30-34/h1,5-6,11,13-17H,7-10H2,2-3H3,(H,31,35). The molecule has 9 heteroatoms. The molecule has 1 N–H and O–H groups in total. The van der Waals surface area contributed by atoms with Crippen LogP contribution in [0, 0.1) is 23.7 Å². The first-order valence-corrected chi connectivity index (χ1v) is 11.3. The van der Waals surface area contributed by atoms with Gasteiger partial charge in [-0.05, 0) is 43.9 Å². The molecule has 0 atom stereocenters. The molecule has 1 saturated heterocycles. The Labute approximate surface area is 203 Å². The molecule has 174 valence electrons. The molecule has 0 unspecified atom stereocenters. The normalized spacial score (nSPS) is 14.9. The predicted octanol–water partition coefficient (Wildman–Crippen LogP) is 2.78. The number of anilines is 1. The van der Waals surface area contributed by atoms with Crippen LogP contribution in [0.5, 0.6) is 0 Å². The lowest BCUT2D eigenvalue weighted by Crippen LogP contribution is -2.53. The highest BCUT2D eigenvalue weighted by Gasteiger charge is 2.31. The van der Waals surface area contributed by atoms with Crippen LogP contribution in [0.25, 0.3) is 27.8 Å². The number of pyridine rings is 2. The first-order valence-electron chi connectivity index (χ1n) is 11.3. The van der Waals surface area contributed by atoms with Gasteiger partial charge in [-0.3, -0.25) is 9.48 Å². The van der Waals surface area contributed by atoms with Crippen molar-refractivity contribution in [3.05, 3.63) is 54.7 Å². The van der Waals surface area contributed by atoms with Crippen LogP contribution in [-0.4, -0.2) is 48.9 Å². The minimum atomic E-state index is -0.375. The zero-order chi connectivity index (χ0) is 24.6. The first-order chi connectivity index (χ1) is 16.9. The van der Waals surface area contributed by atoms with Crippen molar-refractivity contribution in [3.8, 4) is 40.7 Å². The maximum Gasteiger partial charge on any atom is 0.296 e. The van der Waals surface area contributed by atoms with Crippen molar-refractivity contribution in [2.75, 3.05) is 18.0 Å². The van der Waals surface area contributed by atoms with Crippen LogP contribution in [0.2, 0.25) is 0 Å². The Balaban J connectivity index is 1.44. The quantitative estimate of drug-likeness (QED) is 0.466. The Morgan fingerprint density at radius 1 is 1.11 bits per heavy atom. The fraction of sp³-hybridized carbons (Fsp3) is 0.269. The molecule has 35 heavy (non-hydrogen) atoms. The Morgan fingerprint density at radius 3 is 2.54 bits per heavy atom. The number of nitrogens with zero attached hydrogens (tertiary/aromatic N) is 7. The number of nitrogens with one attached hydrogen (secondary N) is 1. The Hall–Kier alpha value is -4.63. The Morgan fingerprint density at radius 2 is 1.91 bits per heavy atom. The van der Waals surface area contributed by atoms with Gasteiger partial charge in [0.05, 0.1) is 23.5 Å². The molecular weight excluding hydrogens is 440 g/mol. The van der Waals surface area contributed by atoms with E-state index in [4.69, 9.17) is 11.4 Å². The van der Waals surface area contributed by atoms with E-state index in [0.717, 1.165) is 59.5 Å². The summed E-state index contributed by atoms with van der Waals surface area (Å²) in [4.78, 5) is 18.6. The van der Waals surface area contributed by atoms with Gasteiger partial charge in [-0.15, -0.1) is 6.42 Å². The number of hydrogen-bond acceptors (Lipinski definition) is 6. The SMILES string of the molecule is C#CC(=O)NC1(C)CCN(c2ccc(-c3cc(-c4cnn(C)c4)cn4ncc(C#N)c34)cn2)CC1. The lowest BCUT2D eigenvalue weighted by molar-refractivity contribution is -0.117. The Kier molecular flexibility index (Phi) is 5.46. The summed E-state index contributed by atoms with van der Waals surface area (Å²) in [5.74, 6) is 2.62. The van der Waals surface area contributed by atoms with Crippen LogP contribution >= 0.6 is 0 Å². The van der Waals surface area contributed by atoms with E-state index in [9.17, 15) is 10.1 Å². The number of rotatable bonds is 4. The fourth-order valence-corrected chi connectivity index (χ4v) is 4.55. The number of terminal acetylenes is 1. The van der Waals surface area contributed by atoms with Crippen molar-refractivity contribution in [2.24, 2.45) is 7.05 Å². The summed E-state index contributed by atoms with van der Waals surface area (Å²) in [5.41, 5.74) is 4.61. The molecule has 1 fully saturated rings. The number of aromatic nitrogens is 5. The van der Waals surface area contributed by atoms with Crippen molar-refractivity contribution in [1.82, 2.24) is 29.7 Å². The third-order valence-electron chi connectivity index (χ3n) is 6.57. The Bertz CT molecular complexity index is 1490. The van der Waals surface area contributed by atoms with E-state index in [0.29, 0.717) is 5.56 Å². The van der Waals surface area contributed by atoms with Crippen molar-refractivity contribution in [1.29, 1.82) is 5.26 Å². The van der Waals surface area contributed by atoms with Crippen LogP contribution in [0.1, 0.15) is 25.3 Å². The number of amides is 1. The molecule has 1 aliphatic rings. The molecular formula is C26H24N8O. The number of fused-ring (bicyclic) bond motifs is 1. The molecule has 9 nitrogen and oxygen atoms in total. The number of nitriles is 1. The zero-order valence-corrected chi connectivity index (χ0v) is 19.6. The minimum absolute atomic E-state index is 0.312. The third-order valence-corrected chi connectivity index (χ3v) is 6.57. The monoisotopic (exact) mass is 464 g/mol. The van der Waals surface area contributed by atoms with Gasteiger partial charge >= 0.3 is 0 Å². The van der Waals surface area contributed by atoms with E-state index in [2.05, 4.69) is 32.4 Å². The summed E-state index contributed by atoms with van der Waals surface area (Å²) in [6.45, 7) is 3.54. The summed E-state index contributed by atoms with van der Waals surface area (Å²) in [5, 5.41) is 21.2. The molecule has 0 bridgehead atoms. The van der Waals surface area contributed by atoms with E-state index in [-0.39, 0.29) is 11.4 Å². The number of aryl methyl sites for hydroxylation is 1. The topological polar surface area (TPSA) is 104 Å². The lowest BCUT2D eigenvalue weighted by atomic mass is 9.89. The summed E-state index contributed by atoms with van der Waals surface area (Å²) < 4.78 is 3.49. The third kappa shape index (κ3) is 4.20. The van der Waals surface area contributed by atoms with E-state index in [1.165, 1.54) is 0 Å². The van der Waals surface area contributed by atoms with Gasteiger partial charge in [0.1, 0.15) is 11.9 Å². The molecule has 1 aliphatic heterocycles. The second-order valence-electron chi connectivity index (χ2n) is 9.06. The molecule has 4 aromatic heterocycles. The average Bonchev–Trinajstić information content (AvgIpc) is 3.50. The summed E-state index contributed by atoms with van der Waals surface area (Å²) in [6, 6.07) is 8.30. The zero-order valence-electron chi connectivity index (χ0n) is 19.6. The minimum Gasteiger partial charge on any atom is -0.356 e. The van der Waals surface area contributed by atoms with Crippen LogP contribution < -0.4 is 10.2 Å². The average molecular weight is 465 g/mol. The highest BCUT2D eigenvalue weighted by molar-refractivity contribution is 5.93. The molecule has 5 rings (SSSR count). The van der Waals surface area contributed by atoms with Crippen LogP contribution in [0.15, 0.2) is 49.2 Å².